The Balaban J connectivity index is 2.42. The van der Waals surface area contributed by atoms with Crippen LogP contribution in [0.25, 0.3) is 0 Å². The zero-order valence-electron chi connectivity index (χ0n) is 15.6. The number of hydrogen-bond donors (Lipinski definition) is 0. The molecule has 0 heterocycles. The molecule has 2 aliphatic rings. The second kappa shape index (κ2) is 7.98. The molecule has 0 aromatic carbocycles. The highest BCUT2D eigenvalue weighted by molar-refractivity contribution is 6.01. The number of rotatable bonds is 5. The molecule has 2 aliphatic carbocycles. The number of allylic oxidation sites excluding steroid dienone is 4. The monoisotopic (exact) mass is 348 g/mol. The van der Waals surface area contributed by atoms with Gasteiger partial charge in [-0.05, 0) is 70.9 Å². The second-order valence-electron chi connectivity index (χ2n) is 6.94. The molecule has 25 heavy (non-hydrogen) atoms. The van der Waals surface area contributed by atoms with Crippen LogP contribution in [0.5, 0.6) is 0 Å². The summed E-state index contributed by atoms with van der Waals surface area (Å²) >= 11 is 0. The van der Waals surface area contributed by atoms with Gasteiger partial charge in [0, 0.05) is 5.92 Å². The van der Waals surface area contributed by atoms with E-state index in [9.17, 15) is 14.4 Å². The van der Waals surface area contributed by atoms with Gasteiger partial charge < -0.3 is 9.47 Å². The topological polar surface area (TPSA) is 69.7 Å². The number of ether oxygens (including phenoxy) is 2. The van der Waals surface area contributed by atoms with Crippen molar-refractivity contribution >= 4 is 17.7 Å². The average Bonchev–Trinajstić information content (AvgIpc) is 2.74. The van der Waals surface area contributed by atoms with Gasteiger partial charge in [-0.1, -0.05) is 11.6 Å². The molecule has 5 heteroatoms. The molecule has 1 atom stereocenters. The third-order valence-electron chi connectivity index (χ3n) is 5.30. The Hall–Kier alpha value is -1.91. The van der Waals surface area contributed by atoms with E-state index in [0.717, 1.165) is 29.6 Å². The molecular weight excluding hydrogens is 320 g/mol. The highest BCUT2D eigenvalue weighted by atomic mass is 16.6. The summed E-state index contributed by atoms with van der Waals surface area (Å²) in [6.45, 7) is 7.54. The first-order valence-corrected chi connectivity index (χ1v) is 9.08. The van der Waals surface area contributed by atoms with Crippen molar-refractivity contribution in [3.8, 4) is 0 Å². The van der Waals surface area contributed by atoms with E-state index in [1.54, 1.807) is 20.8 Å². The van der Waals surface area contributed by atoms with Crippen LogP contribution in [0, 0.1) is 11.3 Å². The lowest BCUT2D eigenvalue weighted by Gasteiger charge is -2.34. The van der Waals surface area contributed by atoms with Crippen LogP contribution in [-0.4, -0.2) is 30.9 Å². The van der Waals surface area contributed by atoms with Crippen molar-refractivity contribution in [2.24, 2.45) is 11.3 Å². The van der Waals surface area contributed by atoms with Gasteiger partial charge in [-0.15, -0.1) is 0 Å². The molecule has 0 bridgehead atoms. The van der Waals surface area contributed by atoms with Gasteiger partial charge in [0.25, 0.3) is 0 Å². The first kappa shape index (κ1) is 19.4. The minimum absolute atomic E-state index is 0.0126. The third-order valence-corrected chi connectivity index (χ3v) is 5.30. The molecule has 0 radical (unpaired) electrons. The van der Waals surface area contributed by atoms with Crippen LogP contribution in [0.15, 0.2) is 22.8 Å². The van der Waals surface area contributed by atoms with Gasteiger partial charge in [-0.2, -0.15) is 0 Å². The summed E-state index contributed by atoms with van der Waals surface area (Å²) < 4.78 is 10.4. The standard InChI is InChI=1S/C20H28O5/c1-5-24-18(22)20(19(23)25-6-2)10-9-15-7-8-16(14(4)21)11-13(3)17(15)12-20/h9,16H,5-8,10-12H2,1-4H3. The van der Waals surface area contributed by atoms with E-state index in [-0.39, 0.29) is 24.9 Å². The van der Waals surface area contributed by atoms with Crippen LogP contribution < -0.4 is 0 Å². The van der Waals surface area contributed by atoms with Gasteiger partial charge in [0.15, 0.2) is 5.41 Å². The zero-order valence-corrected chi connectivity index (χ0v) is 15.6. The van der Waals surface area contributed by atoms with Crippen molar-refractivity contribution in [3.63, 3.8) is 0 Å². The molecule has 0 aliphatic heterocycles. The van der Waals surface area contributed by atoms with E-state index in [0.29, 0.717) is 19.3 Å². The molecular formula is C20H28O5. The molecule has 0 amide bonds. The van der Waals surface area contributed by atoms with Crippen molar-refractivity contribution in [2.75, 3.05) is 13.2 Å². The Bertz CT molecular complexity index is 608. The number of carbonyl (C=O) groups is 3. The Morgan fingerprint density at radius 3 is 2.28 bits per heavy atom. The van der Waals surface area contributed by atoms with Gasteiger partial charge in [-0.3, -0.25) is 14.4 Å². The highest BCUT2D eigenvalue weighted by Gasteiger charge is 2.51. The molecule has 0 fully saturated rings. The molecule has 0 saturated heterocycles. The summed E-state index contributed by atoms with van der Waals surface area (Å²) in [5, 5.41) is 0. The summed E-state index contributed by atoms with van der Waals surface area (Å²) in [7, 11) is 0. The number of ketones is 1. The maximum absolute atomic E-state index is 12.6. The predicted octanol–water partition coefficient (Wildman–Crippen LogP) is 3.52. The zero-order chi connectivity index (χ0) is 18.6. The molecule has 2 rings (SSSR count). The van der Waals surface area contributed by atoms with Crippen molar-refractivity contribution in [1.29, 1.82) is 0 Å². The maximum atomic E-state index is 12.6. The normalized spacial score (nSPS) is 22.4. The van der Waals surface area contributed by atoms with E-state index >= 15 is 0 Å². The van der Waals surface area contributed by atoms with Crippen LogP contribution in [0.4, 0.5) is 0 Å². The number of Topliss-reactive ketones (excluding diaryl/α,β-unsaturated/α-hetero) is 1. The van der Waals surface area contributed by atoms with Crippen LogP contribution in [0.3, 0.4) is 0 Å². The predicted molar refractivity (Wildman–Crippen MR) is 93.7 cm³/mol. The first-order valence-electron chi connectivity index (χ1n) is 9.08. The molecule has 0 aromatic rings. The summed E-state index contributed by atoms with van der Waals surface area (Å²) in [5.74, 6) is -0.826. The van der Waals surface area contributed by atoms with Crippen LogP contribution in [-0.2, 0) is 23.9 Å². The van der Waals surface area contributed by atoms with Crippen LogP contribution in [0.1, 0.15) is 59.8 Å². The van der Waals surface area contributed by atoms with E-state index < -0.39 is 17.4 Å². The van der Waals surface area contributed by atoms with Gasteiger partial charge in [0.2, 0.25) is 0 Å². The third kappa shape index (κ3) is 3.86. The number of carbonyl (C=O) groups excluding carboxylic acids is 3. The molecule has 5 nitrogen and oxygen atoms in total. The Labute approximate surface area is 149 Å². The quantitative estimate of drug-likeness (QED) is 0.561. The maximum Gasteiger partial charge on any atom is 0.324 e. The lowest BCUT2D eigenvalue weighted by molar-refractivity contribution is -0.172. The van der Waals surface area contributed by atoms with Crippen molar-refractivity contribution in [3.05, 3.63) is 22.8 Å². The Kier molecular flexibility index (Phi) is 6.20. The fraction of sp³-hybridized carbons (Fsp3) is 0.650. The Morgan fingerprint density at radius 1 is 1.16 bits per heavy atom. The minimum Gasteiger partial charge on any atom is -0.465 e. The first-order chi connectivity index (χ1) is 11.9. The lowest BCUT2D eigenvalue weighted by atomic mass is 9.71. The van der Waals surface area contributed by atoms with E-state index in [1.807, 2.05) is 13.0 Å². The van der Waals surface area contributed by atoms with Crippen molar-refractivity contribution in [1.82, 2.24) is 0 Å². The SMILES string of the molecule is CCOC(=O)C1(C(=O)OCC)CC=C2CCC(C(C)=O)CC(C)=C2C1. The summed E-state index contributed by atoms with van der Waals surface area (Å²) in [5.41, 5.74) is 1.96. The largest absolute Gasteiger partial charge is 0.465 e. The molecule has 0 N–H and O–H groups in total. The van der Waals surface area contributed by atoms with E-state index in [4.69, 9.17) is 9.47 Å². The van der Waals surface area contributed by atoms with E-state index in [2.05, 4.69) is 0 Å². The van der Waals surface area contributed by atoms with E-state index in [1.165, 1.54) is 0 Å². The van der Waals surface area contributed by atoms with Crippen molar-refractivity contribution in [2.45, 2.75) is 59.8 Å². The average molecular weight is 348 g/mol. The Morgan fingerprint density at radius 2 is 1.76 bits per heavy atom. The summed E-state index contributed by atoms with van der Waals surface area (Å²) in [6, 6.07) is 0. The second-order valence-corrected chi connectivity index (χ2v) is 6.94. The molecule has 1 unspecified atom stereocenters. The summed E-state index contributed by atoms with van der Waals surface area (Å²) in [4.78, 5) is 37.1. The van der Waals surface area contributed by atoms with Gasteiger partial charge in [0.05, 0.1) is 13.2 Å². The minimum atomic E-state index is -1.30. The summed E-state index contributed by atoms with van der Waals surface area (Å²) in [6.07, 6.45) is 4.86. The molecule has 0 aromatic heterocycles. The van der Waals surface area contributed by atoms with Crippen LogP contribution >= 0.6 is 0 Å². The molecule has 0 saturated carbocycles. The number of fused-ring (bicyclic) bond motifs is 1. The smallest absolute Gasteiger partial charge is 0.324 e. The van der Waals surface area contributed by atoms with Gasteiger partial charge in [-0.25, -0.2) is 0 Å². The lowest BCUT2D eigenvalue weighted by Crippen LogP contribution is -2.43. The van der Waals surface area contributed by atoms with Crippen LogP contribution in [0.2, 0.25) is 0 Å². The highest BCUT2D eigenvalue weighted by Crippen LogP contribution is 2.46. The van der Waals surface area contributed by atoms with Gasteiger partial charge >= 0.3 is 11.9 Å². The fourth-order valence-corrected chi connectivity index (χ4v) is 3.79. The van der Waals surface area contributed by atoms with Crippen molar-refractivity contribution < 1.29 is 23.9 Å². The molecule has 138 valence electrons. The number of esters is 2. The number of hydrogen-bond acceptors (Lipinski definition) is 5. The fourth-order valence-electron chi connectivity index (χ4n) is 3.79. The molecule has 0 spiro atoms. The van der Waals surface area contributed by atoms with Gasteiger partial charge in [0.1, 0.15) is 5.78 Å².